The van der Waals surface area contributed by atoms with Crippen molar-refractivity contribution in [2.24, 2.45) is 0 Å². The molecule has 120 valence electrons. The minimum atomic E-state index is -0.187. The van der Waals surface area contributed by atoms with Gasteiger partial charge in [0.15, 0.2) is 0 Å². The van der Waals surface area contributed by atoms with Crippen LogP contribution in [0.5, 0.6) is 0 Å². The van der Waals surface area contributed by atoms with Crippen molar-refractivity contribution in [2.45, 2.75) is 91.4 Å². The van der Waals surface area contributed by atoms with Gasteiger partial charge >= 0.3 is 0 Å². The Morgan fingerprint density at radius 2 is 1.33 bits per heavy atom. The summed E-state index contributed by atoms with van der Waals surface area (Å²) in [7, 11) is -0.187. The average molecular weight is 306 g/mol. The molecule has 1 heteroatoms. The molecular weight excluding hydrogens is 271 g/mol. The van der Waals surface area contributed by atoms with Crippen molar-refractivity contribution in [2.75, 3.05) is 0 Å². The van der Waals surface area contributed by atoms with Crippen LogP contribution in [-0.4, -0.2) is 10.3 Å². The van der Waals surface area contributed by atoms with Crippen LogP contribution in [0.1, 0.15) is 78.4 Å². The van der Waals surface area contributed by atoms with E-state index >= 15 is 0 Å². The molecule has 0 heterocycles. The zero-order chi connectivity index (χ0) is 16.3. The first-order chi connectivity index (χ1) is 9.65. The summed E-state index contributed by atoms with van der Waals surface area (Å²) in [6.07, 6.45) is 5.19. The lowest BCUT2D eigenvalue weighted by Gasteiger charge is -2.46. The van der Waals surface area contributed by atoms with Gasteiger partial charge in [-0.05, 0) is 47.9 Å². The second kappa shape index (κ2) is 7.28. The Hall–Kier alpha value is -0.350. The maximum atomic E-state index is 2.50. The predicted molar refractivity (Wildman–Crippen MR) is 100 cm³/mol. The highest BCUT2D eigenvalue weighted by Gasteiger charge is 2.40. The Morgan fingerprint density at radius 1 is 0.857 bits per heavy atom. The number of benzene rings is 1. The molecule has 21 heavy (non-hydrogen) atoms. The Balaban J connectivity index is 3.37. The standard InChI is InChI=1S/C20H35P/c1-9-13-19(5,6)21(20(7,8)14-10-2)18-12-11-16(3)15-17(18)4/h11-12,15H,9-10,13-14H2,1-8H3. The van der Waals surface area contributed by atoms with Crippen molar-refractivity contribution in [1.82, 2.24) is 0 Å². The van der Waals surface area contributed by atoms with Gasteiger partial charge in [0.25, 0.3) is 0 Å². The molecule has 0 nitrogen and oxygen atoms in total. The van der Waals surface area contributed by atoms with E-state index in [4.69, 9.17) is 0 Å². The van der Waals surface area contributed by atoms with Gasteiger partial charge in [0, 0.05) is 0 Å². The molecule has 0 spiro atoms. The lowest BCUT2D eigenvalue weighted by molar-refractivity contribution is 0.563. The number of rotatable bonds is 7. The third kappa shape index (κ3) is 4.56. The number of hydrogen-bond acceptors (Lipinski definition) is 0. The molecule has 0 radical (unpaired) electrons. The summed E-state index contributed by atoms with van der Waals surface area (Å²) in [6.45, 7) is 19.2. The summed E-state index contributed by atoms with van der Waals surface area (Å²) in [6, 6.07) is 7.10. The zero-order valence-corrected chi connectivity index (χ0v) is 16.4. The molecule has 1 aromatic carbocycles. The van der Waals surface area contributed by atoms with Gasteiger partial charge < -0.3 is 0 Å². The molecule has 0 atom stereocenters. The van der Waals surface area contributed by atoms with E-state index in [1.165, 1.54) is 36.8 Å². The Morgan fingerprint density at radius 3 is 1.71 bits per heavy atom. The lowest BCUT2D eigenvalue weighted by atomic mass is 10.1. The fourth-order valence-corrected chi connectivity index (χ4v) is 8.45. The molecule has 0 N–H and O–H groups in total. The minimum absolute atomic E-state index is 0.187. The Kier molecular flexibility index (Phi) is 6.48. The molecule has 1 aromatic rings. The topological polar surface area (TPSA) is 0 Å². The van der Waals surface area contributed by atoms with Gasteiger partial charge in [-0.2, -0.15) is 0 Å². The van der Waals surface area contributed by atoms with Crippen molar-refractivity contribution < 1.29 is 0 Å². The van der Waals surface area contributed by atoms with Crippen LogP contribution in [0, 0.1) is 13.8 Å². The highest BCUT2D eigenvalue weighted by molar-refractivity contribution is 7.68. The predicted octanol–water partition coefficient (Wildman–Crippen LogP) is 6.57. The van der Waals surface area contributed by atoms with Gasteiger partial charge in [0.2, 0.25) is 0 Å². The Bertz CT molecular complexity index is 439. The maximum absolute atomic E-state index is 2.50. The van der Waals surface area contributed by atoms with E-state index in [-0.39, 0.29) is 7.92 Å². The van der Waals surface area contributed by atoms with Crippen molar-refractivity contribution in [1.29, 1.82) is 0 Å². The molecule has 0 saturated carbocycles. The van der Waals surface area contributed by atoms with Crippen molar-refractivity contribution in [3.63, 3.8) is 0 Å². The molecule has 0 aliphatic heterocycles. The van der Waals surface area contributed by atoms with E-state index in [1.54, 1.807) is 5.30 Å². The first kappa shape index (κ1) is 18.7. The van der Waals surface area contributed by atoms with Crippen LogP contribution in [-0.2, 0) is 0 Å². The summed E-state index contributed by atoms with van der Waals surface area (Å²) < 4.78 is 0. The zero-order valence-electron chi connectivity index (χ0n) is 15.5. The van der Waals surface area contributed by atoms with Gasteiger partial charge in [-0.15, -0.1) is 0 Å². The van der Waals surface area contributed by atoms with E-state index in [0.29, 0.717) is 10.3 Å². The van der Waals surface area contributed by atoms with E-state index < -0.39 is 0 Å². The van der Waals surface area contributed by atoms with Gasteiger partial charge in [-0.3, -0.25) is 0 Å². The number of aryl methyl sites for hydroxylation is 2. The van der Waals surface area contributed by atoms with E-state index in [1.807, 2.05) is 0 Å². The molecular formula is C20H35P. The van der Waals surface area contributed by atoms with Gasteiger partial charge in [0.05, 0.1) is 0 Å². The molecule has 0 aliphatic rings. The normalized spacial score (nSPS) is 13.0. The highest BCUT2D eigenvalue weighted by atomic mass is 31.1. The van der Waals surface area contributed by atoms with E-state index in [2.05, 4.69) is 73.6 Å². The van der Waals surface area contributed by atoms with Crippen LogP contribution in [0.25, 0.3) is 0 Å². The molecule has 0 bridgehead atoms. The van der Waals surface area contributed by atoms with E-state index in [9.17, 15) is 0 Å². The van der Waals surface area contributed by atoms with Gasteiger partial charge in [-0.25, -0.2) is 0 Å². The second-order valence-electron chi connectivity index (χ2n) is 7.75. The molecule has 0 aromatic heterocycles. The fraction of sp³-hybridized carbons (Fsp3) is 0.700. The summed E-state index contributed by atoms with van der Waals surface area (Å²) in [5, 5.41) is 2.44. The first-order valence-corrected chi connectivity index (χ1v) is 9.87. The summed E-state index contributed by atoms with van der Waals surface area (Å²) in [4.78, 5) is 0. The third-order valence-electron chi connectivity index (χ3n) is 4.53. The van der Waals surface area contributed by atoms with Crippen molar-refractivity contribution in [3.8, 4) is 0 Å². The van der Waals surface area contributed by atoms with Crippen LogP contribution in [0.4, 0.5) is 0 Å². The molecule has 0 unspecified atom stereocenters. The molecule has 1 rings (SSSR count). The smallest absolute Gasteiger partial charge is 0.0106 e. The molecule has 0 aliphatic carbocycles. The SMILES string of the molecule is CCCC(C)(C)P(c1ccc(C)cc1C)C(C)(C)CCC. The summed E-state index contributed by atoms with van der Waals surface area (Å²) in [5.74, 6) is 0. The first-order valence-electron chi connectivity index (χ1n) is 8.53. The molecule has 0 fully saturated rings. The van der Waals surface area contributed by atoms with Crippen molar-refractivity contribution in [3.05, 3.63) is 29.3 Å². The van der Waals surface area contributed by atoms with E-state index in [0.717, 1.165) is 0 Å². The summed E-state index contributed by atoms with van der Waals surface area (Å²) in [5.41, 5.74) is 2.88. The van der Waals surface area contributed by atoms with Crippen LogP contribution in [0.2, 0.25) is 0 Å². The van der Waals surface area contributed by atoms with Crippen LogP contribution < -0.4 is 5.30 Å². The van der Waals surface area contributed by atoms with Crippen LogP contribution in [0.15, 0.2) is 18.2 Å². The quantitative estimate of drug-likeness (QED) is 0.500. The largest absolute Gasteiger partial charge is 0.0653 e. The minimum Gasteiger partial charge on any atom is -0.0653 e. The van der Waals surface area contributed by atoms with Crippen LogP contribution >= 0.6 is 7.92 Å². The third-order valence-corrected chi connectivity index (χ3v) is 8.38. The second-order valence-corrected chi connectivity index (χ2v) is 11.3. The average Bonchev–Trinajstić information content (AvgIpc) is 2.31. The van der Waals surface area contributed by atoms with Gasteiger partial charge in [0.1, 0.15) is 0 Å². The van der Waals surface area contributed by atoms with Crippen LogP contribution in [0.3, 0.4) is 0 Å². The highest BCUT2D eigenvalue weighted by Crippen LogP contribution is 2.62. The lowest BCUT2D eigenvalue weighted by Crippen LogP contribution is -2.36. The monoisotopic (exact) mass is 306 g/mol. The maximum Gasteiger partial charge on any atom is -0.0106 e. The summed E-state index contributed by atoms with van der Waals surface area (Å²) >= 11 is 0. The number of hydrogen-bond donors (Lipinski definition) is 0. The molecule has 0 amide bonds. The van der Waals surface area contributed by atoms with Gasteiger partial charge in [-0.1, -0.05) is 86.1 Å². The fourth-order valence-electron chi connectivity index (χ4n) is 3.97. The Labute approximate surface area is 134 Å². The molecule has 0 saturated heterocycles. The van der Waals surface area contributed by atoms with Crippen molar-refractivity contribution >= 4 is 13.2 Å².